The fourth-order valence-corrected chi connectivity index (χ4v) is 3.14. The first kappa shape index (κ1) is 15.0. The number of halogens is 2. The van der Waals surface area contributed by atoms with Gasteiger partial charge in [-0.15, -0.1) is 0 Å². The van der Waals surface area contributed by atoms with E-state index in [1.54, 1.807) is 12.1 Å². The van der Waals surface area contributed by atoms with Gasteiger partial charge in [0.15, 0.2) is 0 Å². The molecule has 0 aliphatic heterocycles. The summed E-state index contributed by atoms with van der Waals surface area (Å²) in [6.45, 7) is 0.443. The van der Waals surface area contributed by atoms with Crippen molar-refractivity contribution in [2.45, 2.75) is 12.3 Å². The number of hydrogen-bond donors (Lipinski definition) is 1. The van der Waals surface area contributed by atoms with Crippen molar-refractivity contribution in [1.82, 2.24) is 0 Å². The minimum Gasteiger partial charge on any atom is -0.330 e. The molecule has 0 radical (unpaired) electrons. The predicted octanol–water partition coefficient (Wildman–Crippen LogP) is 4.92. The molecule has 112 valence electrons. The average molecular weight is 314 g/mol. The summed E-state index contributed by atoms with van der Waals surface area (Å²) in [5.74, 6) is -0.244. The molecule has 0 saturated carbocycles. The molecule has 22 heavy (non-hydrogen) atoms. The molecule has 0 aromatic heterocycles. The van der Waals surface area contributed by atoms with Crippen LogP contribution < -0.4 is 5.73 Å². The molecule has 2 N–H and O–H groups in total. The summed E-state index contributed by atoms with van der Waals surface area (Å²) in [5, 5.41) is 2.78. The first-order valence-corrected chi connectivity index (χ1v) is 7.69. The lowest BCUT2D eigenvalue weighted by molar-refractivity contribution is 0.591. The van der Waals surface area contributed by atoms with Gasteiger partial charge in [-0.1, -0.05) is 60.1 Å². The highest BCUT2D eigenvalue weighted by Crippen LogP contribution is 2.30. The summed E-state index contributed by atoms with van der Waals surface area (Å²) in [6.07, 6.45) is 0.496. The highest BCUT2D eigenvalue weighted by Gasteiger charge is 2.17. The Morgan fingerprint density at radius 1 is 0.955 bits per heavy atom. The van der Waals surface area contributed by atoms with Crippen molar-refractivity contribution in [1.29, 1.82) is 0 Å². The minimum atomic E-state index is -0.272. The van der Waals surface area contributed by atoms with Gasteiger partial charge in [-0.2, -0.15) is 0 Å². The van der Waals surface area contributed by atoms with Crippen LogP contribution in [0.25, 0.3) is 10.8 Å². The van der Waals surface area contributed by atoms with Crippen LogP contribution in [0.2, 0.25) is 5.02 Å². The van der Waals surface area contributed by atoms with Crippen LogP contribution in [0.1, 0.15) is 17.0 Å². The maximum Gasteiger partial charge on any atom is 0.127 e. The maximum atomic E-state index is 14.1. The molecule has 0 bridgehead atoms. The van der Waals surface area contributed by atoms with E-state index in [0.29, 0.717) is 23.6 Å². The normalized spacial score (nSPS) is 12.5. The van der Waals surface area contributed by atoms with Crippen molar-refractivity contribution in [2.24, 2.45) is 5.73 Å². The molecule has 1 atom stereocenters. The number of rotatable bonds is 4. The van der Waals surface area contributed by atoms with E-state index in [4.69, 9.17) is 17.3 Å². The van der Waals surface area contributed by atoms with Crippen LogP contribution in [0.3, 0.4) is 0 Å². The lowest BCUT2D eigenvalue weighted by Gasteiger charge is -2.19. The highest BCUT2D eigenvalue weighted by atomic mass is 35.5. The molecule has 0 aliphatic carbocycles. The van der Waals surface area contributed by atoms with Crippen molar-refractivity contribution in [3.8, 4) is 0 Å². The van der Waals surface area contributed by atoms with Crippen LogP contribution in [0.15, 0.2) is 60.7 Å². The molecule has 0 aliphatic rings. The monoisotopic (exact) mass is 313 g/mol. The SMILES string of the molecule is NCC(Cc1c(F)cccc1Cl)c1cccc2ccccc12. The van der Waals surface area contributed by atoms with Crippen molar-refractivity contribution in [3.63, 3.8) is 0 Å². The van der Waals surface area contributed by atoms with Crippen molar-refractivity contribution < 1.29 is 4.39 Å². The Morgan fingerprint density at radius 2 is 1.68 bits per heavy atom. The van der Waals surface area contributed by atoms with Gasteiger partial charge in [0.25, 0.3) is 0 Å². The Hall–Kier alpha value is -1.90. The van der Waals surface area contributed by atoms with E-state index in [9.17, 15) is 4.39 Å². The summed E-state index contributed by atoms with van der Waals surface area (Å²) < 4.78 is 14.1. The molecule has 0 amide bonds. The zero-order valence-electron chi connectivity index (χ0n) is 12.1. The molecule has 0 heterocycles. The van der Waals surface area contributed by atoms with Crippen LogP contribution in [-0.4, -0.2) is 6.54 Å². The Labute approximate surface area is 134 Å². The Morgan fingerprint density at radius 3 is 2.45 bits per heavy atom. The van der Waals surface area contributed by atoms with Crippen LogP contribution in [0.5, 0.6) is 0 Å². The number of fused-ring (bicyclic) bond motifs is 1. The summed E-state index contributed by atoms with van der Waals surface area (Å²) in [5.41, 5.74) is 7.65. The van der Waals surface area contributed by atoms with Gasteiger partial charge in [0.2, 0.25) is 0 Å². The standard InChI is InChI=1S/C19H17ClFN/c20-18-9-4-10-19(21)17(18)11-14(12-22)16-8-3-6-13-5-1-2-7-15(13)16/h1-10,14H,11-12,22H2. The topological polar surface area (TPSA) is 26.0 Å². The van der Waals surface area contributed by atoms with Gasteiger partial charge in [-0.25, -0.2) is 4.39 Å². The third kappa shape index (κ3) is 2.85. The Kier molecular flexibility index (Phi) is 4.41. The summed E-state index contributed by atoms with van der Waals surface area (Å²) in [7, 11) is 0. The second kappa shape index (κ2) is 6.47. The summed E-state index contributed by atoms with van der Waals surface area (Å²) in [4.78, 5) is 0. The molecule has 3 rings (SSSR count). The molecule has 1 unspecified atom stereocenters. The third-order valence-electron chi connectivity index (χ3n) is 4.06. The zero-order valence-corrected chi connectivity index (χ0v) is 12.9. The molecule has 0 spiro atoms. The van der Waals surface area contributed by atoms with Gasteiger partial charge in [0.05, 0.1) is 0 Å². The molecule has 3 aromatic carbocycles. The molecule has 3 aromatic rings. The van der Waals surface area contributed by atoms with E-state index in [1.165, 1.54) is 6.07 Å². The second-order valence-electron chi connectivity index (χ2n) is 5.41. The quantitative estimate of drug-likeness (QED) is 0.727. The van der Waals surface area contributed by atoms with Gasteiger partial charge < -0.3 is 5.73 Å². The van der Waals surface area contributed by atoms with E-state index in [0.717, 1.165) is 16.3 Å². The molecular formula is C19H17ClFN. The molecule has 0 saturated heterocycles. The van der Waals surface area contributed by atoms with Gasteiger partial charge in [0.1, 0.15) is 5.82 Å². The lowest BCUT2D eigenvalue weighted by atomic mass is 9.88. The van der Waals surface area contributed by atoms with E-state index in [1.807, 2.05) is 18.2 Å². The molecule has 3 heteroatoms. The van der Waals surface area contributed by atoms with Crippen LogP contribution in [-0.2, 0) is 6.42 Å². The molecule has 1 nitrogen and oxygen atoms in total. The average Bonchev–Trinajstić information content (AvgIpc) is 2.54. The summed E-state index contributed by atoms with van der Waals surface area (Å²) >= 11 is 6.16. The summed E-state index contributed by atoms with van der Waals surface area (Å²) in [6, 6.07) is 19.1. The van der Waals surface area contributed by atoms with E-state index >= 15 is 0 Å². The Balaban J connectivity index is 2.04. The predicted molar refractivity (Wildman–Crippen MR) is 90.9 cm³/mol. The number of benzene rings is 3. The number of hydrogen-bond acceptors (Lipinski definition) is 1. The van der Waals surface area contributed by atoms with Crippen molar-refractivity contribution in [2.75, 3.05) is 6.54 Å². The van der Waals surface area contributed by atoms with Crippen molar-refractivity contribution in [3.05, 3.63) is 82.6 Å². The third-order valence-corrected chi connectivity index (χ3v) is 4.41. The second-order valence-corrected chi connectivity index (χ2v) is 5.81. The minimum absolute atomic E-state index is 0.0282. The van der Waals surface area contributed by atoms with Crippen LogP contribution in [0.4, 0.5) is 4.39 Å². The fourth-order valence-electron chi connectivity index (χ4n) is 2.90. The molecular weight excluding hydrogens is 297 g/mol. The van der Waals surface area contributed by atoms with Gasteiger partial charge >= 0.3 is 0 Å². The molecule has 0 fully saturated rings. The van der Waals surface area contributed by atoms with Crippen LogP contribution in [0, 0.1) is 5.82 Å². The lowest BCUT2D eigenvalue weighted by Crippen LogP contribution is -2.16. The number of nitrogens with two attached hydrogens (primary N) is 1. The van der Waals surface area contributed by atoms with Gasteiger partial charge in [-0.05, 0) is 41.4 Å². The van der Waals surface area contributed by atoms with Gasteiger partial charge in [0, 0.05) is 16.5 Å². The van der Waals surface area contributed by atoms with E-state index in [2.05, 4.69) is 24.3 Å². The van der Waals surface area contributed by atoms with Crippen molar-refractivity contribution >= 4 is 22.4 Å². The fraction of sp³-hybridized carbons (Fsp3) is 0.158. The zero-order chi connectivity index (χ0) is 15.5. The first-order chi connectivity index (χ1) is 10.7. The van der Waals surface area contributed by atoms with E-state index < -0.39 is 0 Å². The maximum absolute atomic E-state index is 14.1. The van der Waals surface area contributed by atoms with Gasteiger partial charge in [-0.3, -0.25) is 0 Å². The van der Waals surface area contributed by atoms with Crippen LogP contribution >= 0.6 is 11.6 Å². The largest absolute Gasteiger partial charge is 0.330 e. The highest BCUT2D eigenvalue weighted by molar-refractivity contribution is 6.31. The Bertz CT molecular complexity index is 775. The smallest absolute Gasteiger partial charge is 0.127 e. The van der Waals surface area contributed by atoms with E-state index in [-0.39, 0.29) is 11.7 Å². The first-order valence-electron chi connectivity index (χ1n) is 7.31.